The standard InChI is InChI=1S/C33H35N3O6S/c1-3-42-24-15-11-21(12-16-24)34-30(38)27-26-17-18-33(43-26)28(27)32(40)36(25(19-37)20-7-5-4-6-8-20)29(33)31(39)35-22-9-13-23(41-2)14-10-22/h4-16,25-29,37H,3,17-19H2,1-2H3,(H,34,38)(H,35,39)/t25-,26-,27+,28+,29?,33?/m1/s1. The van der Waals surface area contributed by atoms with E-state index in [0.29, 0.717) is 42.3 Å². The molecule has 3 saturated heterocycles. The molecule has 0 radical (unpaired) electrons. The van der Waals surface area contributed by atoms with Gasteiger partial charge >= 0.3 is 0 Å². The van der Waals surface area contributed by atoms with Gasteiger partial charge in [-0.25, -0.2) is 0 Å². The third kappa shape index (κ3) is 5.12. The number of rotatable bonds is 10. The number of amides is 3. The van der Waals surface area contributed by atoms with Crippen LogP contribution >= 0.6 is 11.8 Å². The number of ether oxygens (including phenoxy) is 2. The minimum atomic E-state index is -0.886. The highest BCUT2D eigenvalue weighted by atomic mass is 32.2. The van der Waals surface area contributed by atoms with Gasteiger partial charge in [0, 0.05) is 16.6 Å². The highest BCUT2D eigenvalue weighted by Gasteiger charge is 2.74. The van der Waals surface area contributed by atoms with Crippen molar-refractivity contribution in [3.63, 3.8) is 0 Å². The number of nitrogens with zero attached hydrogens (tertiary/aromatic N) is 1. The minimum Gasteiger partial charge on any atom is -0.497 e. The average molecular weight is 602 g/mol. The molecule has 1 spiro atoms. The maximum absolute atomic E-state index is 14.5. The van der Waals surface area contributed by atoms with Crippen molar-refractivity contribution in [1.82, 2.24) is 4.90 Å². The Morgan fingerprint density at radius 3 is 2.21 bits per heavy atom. The smallest absolute Gasteiger partial charge is 0.248 e. The van der Waals surface area contributed by atoms with Gasteiger partial charge in [-0.2, -0.15) is 0 Å². The number of carbonyl (C=O) groups is 3. The first-order valence-electron chi connectivity index (χ1n) is 14.5. The van der Waals surface area contributed by atoms with Crippen LogP contribution < -0.4 is 20.1 Å². The number of hydrogen-bond donors (Lipinski definition) is 3. The van der Waals surface area contributed by atoms with Crippen molar-refractivity contribution in [2.45, 2.75) is 41.8 Å². The van der Waals surface area contributed by atoms with E-state index >= 15 is 0 Å². The summed E-state index contributed by atoms with van der Waals surface area (Å²) in [5, 5.41) is 16.6. The van der Waals surface area contributed by atoms with Crippen molar-refractivity contribution >= 4 is 40.9 Å². The number of fused-ring (bicyclic) bond motifs is 1. The third-order valence-corrected chi connectivity index (χ3v) is 10.7. The molecule has 0 aliphatic carbocycles. The van der Waals surface area contributed by atoms with Gasteiger partial charge in [-0.3, -0.25) is 14.4 Å². The lowest BCUT2D eigenvalue weighted by Gasteiger charge is -2.37. The van der Waals surface area contributed by atoms with Gasteiger partial charge in [0.2, 0.25) is 17.7 Å². The number of anilines is 2. The van der Waals surface area contributed by atoms with Crippen LogP contribution in [0.15, 0.2) is 78.9 Å². The van der Waals surface area contributed by atoms with Gasteiger partial charge in [0.15, 0.2) is 0 Å². The van der Waals surface area contributed by atoms with Crippen LogP contribution in [-0.2, 0) is 14.4 Å². The molecular formula is C33H35N3O6S. The molecule has 10 heteroatoms. The number of methoxy groups -OCH3 is 1. The van der Waals surface area contributed by atoms with E-state index in [1.165, 1.54) is 0 Å². The van der Waals surface area contributed by atoms with E-state index in [1.54, 1.807) is 72.3 Å². The Labute approximate surface area is 254 Å². The lowest BCUT2D eigenvalue weighted by atomic mass is 9.70. The molecule has 9 nitrogen and oxygen atoms in total. The molecule has 0 aromatic heterocycles. The average Bonchev–Trinajstić information content (AvgIpc) is 3.67. The Morgan fingerprint density at radius 1 is 0.977 bits per heavy atom. The van der Waals surface area contributed by atoms with Crippen LogP contribution in [0.2, 0.25) is 0 Å². The van der Waals surface area contributed by atoms with Crippen molar-refractivity contribution < 1.29 is 29.0 Å². The Hall–Kier alpha value is -4.02. The topological polar surface area (TPSA) is 117 Å². The van der Waals surface area contributed by atoms with E-state index < -0.39 is 28.7 Å². The normalized spacial score (nSPS) is 26.1. The summed E-state index contributed by atoms with van der Waals surface area (Å²) in [4.78, 5) is 44.1. The highest BCUT2D eigenvalue weighted by Crippen LogP contribution is 2.67. The monoisotopic (exact) mass is 601 g/mol. The second-order valence-electron chi connectivity index (χ2n) is 11.1. The van der Waals surface area contributed by atoms with Gasteiger partial charge in [0.1, 0.15) is 17.5 Å². The first-order chi connectivity index (χ1) is 20.9. The van der Waals surface area contributed by atoms with E-state index in [0.717, 1.165) is 5.56 Å². The summed E-state index contributed by atoms with van der Waals surface area (Å²) in [5.41, 5.74) is 1.91. The van der Waals surface area contributed by atoms with E-state index in [2.05, 4.69) is 10.6 Å². The summed E-state index contributed by atoms with van der Waals surface area (Å²) in [6.07, 6.45) is 1.33. The molecule has 3 aromatic rings. The molecule has 3 N–H and O–H groups in total. The summed E-state index contributed by atoms with van der Waals surface area (Å²) in [5.74, 6) is -0.811. The Kier molecular flexibility index (Phi) is 8.07. The summed E-state index contributed by atoms with van der Waals surface area (Å²) in [6, 6.07) is 21.8. The fourth-order valence-electron chi connectivity index (χ4n) is 6.97. The largest absolute Gasteiger partial charge is 0.497 e. The number of aliphatic hydroxyl groups excluding tert-OH is 1. The van der Waals surface area contributed by atoms with Gasteiger partial charge in [-0.05, 0) is 73.9 Å². The molecule has 6 atom stereocenters. The fraction of sp³-hybridized carbons (Fsp3) is 0.364. The zero-order valence-corrected chi connectivity index (χ0v) is 24.9. The highest BCUT2D eigenvalue weighted by molar-refractivity contribution is 8.02. The predicted octanol–water partition coefficient (Wildman–Crippen LogP) is 4.50. The maximum Gasteiger partial charge on any atom is 0.248 e. The fourth-order valence-corrected chi connectivity index (χ4v) is 9.17. The molecule has 3 fully saturated rings. The molecule has 0 saturated carbocycles. The Morgan fingerprint density at radius 2 is 1.60 bits per heavy atom. The van der Waals surface area contributed by atoms with Crippen LogP contribution in [0.4, 0.5) is 11.4 Å². The molecule has 3 heterocycles. The van der Waals surface area contributed by atoms with Crippen LogP contribution in [0.25, 0.3) is 0 Å². The second kappa shape index (κ2) is 11.9. The number of hydrogen-bond acceptors (Lipinski definition) is 7. The predicted molar refractivity (Wildman–Crippen MR) is 165 cm³/mol. The van der Waals surface area contributed by atoms with E-state index in [-0.39, 0.29) is 29.6 Å². The summed E-state index contributed by atoms with van der Waals surface area (Å²) in [6.45, 7) is 2.09. The Bertz CT molecular complexity index is 1480. The molecule has 2 bridgehead atoms. The van der Waals surface area contributed by atoms with Crippen LogP contribution in [0.1, 0.15) is 31.4 Å². The first-order valence-corrected chi connectivity index (χ1v) is 15.4. The van der Waals surface area contributed by atoms with E-state index in [9.17, 15) is 19.5 Å². The van der Waals surface area contributed by atoms with E-state index in [1.807, 2.05) is 37.3 Å². The van der Waals surface area contributed by atoms with Crippen molar-refractivity contribution in [2.24, 2.45) is 11.8 Å². The van der Waals surface area contributed by atoms with Crippen molar-refractivity contribution in [1.29, 1.82) is 0 Å². The number of nitrogens with one attached hydrogen (secondary N) is 2. The van der Waals surface area contributed by atoms with Crippen LogP contribution in [0.5, 0.6) is 11.5 Å². The van der Waals surface area contributed by atoms with Crippen LogP contribution in [0, 0.1) is 11.8 Å². The molecule has 2 unspecified atom stereocenters. The summed E-state index contributed by atoms with van der Waals surface area (Å²) >= 11 is 1.58. The SMILES string of the molecule is CCOc1ccc(NC(=O)[C@@H]2[C@H]3C(=O)N([C@H](CO)c4ccccc4)C(C(=O)Nc4ccc(OC)cc4)C34CC[C@H]2S4)cc1. The second-order valence-corrected chi connectivity index (χ2v) is 12.7. The molecular weight excluding hydrogens is 566 g/mol. The number of likely N-dealkylation sites (tertiary alicyclic amines) is 1. The van der Waals surface area contributed by atoms with Gasteiger partial charge in [0.05, 0.1) is 42.9 Å². The molecule has 3 aromatic carbocycles. The summed E-state index contributed by atoms with van der Waals surface area (Å²) in [7, 11) is 1.57. The van der Waals surface area contributed by atoms with Gasteiger partial charge in [0.25, 0.3) is 0 Å². The number of aliphatic hydroxyl groups is 1. The minimum absolute atomic E-state index is 0.0978. The molecule has 3 aliphatic heterocycles. The van der Waals surface area contributed by atoms with Crippen molar-refractivity contribution in [3.05, 3.63) is 84.4 Å². The van der Waals surface area contributed by atoms with Gasteiger partial charge in [-0.15, -0.1) is 11.8 Å². The molecule has 3 amide bonds. The van der Waals surface area contributed by atoms with Crippen LogP contribution in [0.3, 0.4) is 0 Å². The lowest BCUT2D eigenvalue weighted by Crippen LogP contribution is -2.52. The molecule has 3 aliphatic rings. The number of thioether (sulfide) groups is 1. The van der Waals surface area contributed by atoms with Gasteiger partial charge in [-0.1, -0.05) is 30.3 Å². The maximum atomic E-state index is 14.5. The quantitative estimate of drug-likeness (QED) is 0.313. The third-order valence-electron chi connectivity index (χ3n) is 8.77. The molecule has 43 heavy (non-hydrogen) atoms. The van der Waals surface area contributed by atoms with Crippen LogP contribution in [-0.4, -0.2) is 64.1 Å². The zero-order chi connectivity index (χ0) is 30.1. The van der Waals surface area contributed by atoms with E-state index in [4.69, 9.17) is 9.47 Å². The Balaban J connectivity index is 1.34. The first kappa shape index (κ1) is 29.1. The van der Waals surface area contributed by atoms with Crippen molar-refractivity contribution in [3.8, 4) is 11.5 Å². The number of carbonyl (C=O) groups excluding carboxylic acids is 3. The lowest BCUT2D eigenvalue weighted by molar-refractivity contribution is -0.141. The van der Waals surface area contributed by atoms with Gasteiger partial charge < -0.3 is 30.1 Å². The zero-order valence-electron chi connectivity index (χ0n) is 24.1. The molecule has 224 valence electrons. The summed E-state index contributed by atoms with van der Waals surface area (Å²) < 4.78 is 9.96. The number of benzene rings is 3. The molecule has 6 rings (SSSR count). The van der Waals surface area contributed by atoms with Crippen molar-refractivity contribution in [2.75, 3.05) is 31.0 Å².